The predicted octanol–water partition coefficient (Wildman–Crippen LogP) is 3.34. The molecule has 2 atom stereocenters. The van der Waals surface area contributed by atoms with Crippen LogP contribution in [0.2, 0.25) is 0 Å². The van der Waals surface area contributed by atoms with Crippen LogP contribution in [0.5, 0.6) is 0 Å². The van der Waals surface area contributed by atoms with Crippen molar-refractivity contribution in [3.05, 3.63) is 0 Å². The van der Waals surface area contributed by atoms with Crippen LogP contribution in [0, 0.1) is 11.8 Å². The van der Waals surface area contributed by atoms with Crippen molar-refractivity contribution in [2.24, 2.45) is 11.8 Å². The van der Waals surface area contributed by atoms with E-state index in [1.54, 1.807) is 0 Å². The molecule has 0 radical (unpaired) electrons. The van der Waals surface area contributed by atoms with Gasteiger partial charge in [-0.15, -0.1) is 0 Å². The van der Waals surface area contributed by atoms with Crippen molar-refractivity contribution < 1.29 is 0 Å². The van der Waals surface area contributed by atoms with Crippen LogP contribution in [0.15, 0.2) is 0 Å². The van der Waals surface area contributed by atoms with Gasteiger partial charge in [-0.2, -0.15) is 0 Å². The molecule has 2 unspecified atom stereocenters. The van der Waals surface area contributed by atoms with E-state index in [0.717, 1.165) is 17.9 Å². The maximum absolute atomic E-state index is 3.70. The van der Waals surface area contributed by atoms with E-state index in [-0.39, 0.29) is 0 Å². The number of hydrogen-bond donors (Lipinski definition) is 1. The Hall–Kier alpha value is -0.0400. The molecular weight excluding hydrogens is 170 g/mol. The van der Waals surface area contributed by atoms with Gasteiger partial charge in [0.15, 0.2) is 0 Å². The zero-order valence-corrected chi connectivity index (χ0v) is 9.60. The van der Waals surface area contributed by atoms with Crippen LogP contribution in [-0.4, -0.2) is 12.6 Å². The lowest BCUT2D eigenvalue weighted by molar-refractivity contribution is 0.142. The molecule has 1 nitrogen and oxygen atoms in total. The quantitative estimate of drug-likeness (QED) is 0.725. The first kappa shape index (κ1) is 10.5. The van der Waals surface area contributed by atoms with Crippen LogP contribution >= 0.6 is 0 Å². The van der Waals surface area contributed by atoms with Gasteiger partial charge in [0.1, 0.15) is 0 Å². The smallest absolute Gasteiger partial charge is 0.00698 e. The average molecular weight is 195 g/mol. The maximum Gasteiger partial charge on any atom is 0.00698 e. The van der Waals surface area contributed by atoms with Crippen LogP contribution < -0.4 is 5.32 Å². The summed E-state index contributed by atoms with van der Waals surface area (Å²) in [7, 11) is 0. The minimum absolute atomic E-state index is 0.856. The van der Waals surface area contributed by atoms with E-state index in [2.05, 4.69) is 12.2 Å². The van der Waals surface area contributed by atoms with Gasteiger partial charge in [0.25, 0.3) is 0 Å². The predicted molar refractivity (Wildman–Crippen MR) is 61.4 cm³/mol. The van der Waals surface area contributed by atoms with E-state index in [4.69, 9.17) is 0 Å². The first-order chi connectivity index (χ1) is 6.90. The van der Waals surface area contributed by atoms with Crippen LogP contribution in [0.1, 0.15) is 58.3 Å². The lowest BCUT2D eigenvalue weighted by Gasteiger charge is -2.39. The highest BCUT2D eigenvalue weighted by Crippen LogP contribution is 2.40. The van der Waals surface area contributed by atoms with Crippen molar-refractivity contribution in [2.75, 3.05) is 6.54 Å². The van der Waals surface area contributed by atoms with E-state index in [9.17, 15) is 0 Å². The molecule has 2 aliphatic rings. The standard InChI is InChI=1S/C13H25N/c1-2-9-14-13-8-4-7-12(10-13)11-5-3-6-11/h11-14H,2-10H2,1H3. The molecule has 2 saturated carbocycles. The molecule has 0 saturated heterocycles. The molecule has 0 aromatic heterocycles. The fraction of sp³-hybridized carbons (Fsp3) is 1.00. The third-order valence-corrected chi connectivity index (χ3v) is 4.21. The van der Waals surface area contributed by atoms with Gasteiger partial charge in [-0.1, -0.05) is 39.0 Å². The van der Waals surface area contributed by atoms with Crippen LogP contribution in [0.25, 0.3) is 0 Å². The molecule has 0 spiro atoms. The van der Waals surface area contributed by atoms with Crippen LogP contribution in [0.3, 0.4) is 0 Å². The first-order valence-corrected chi connectivity index (χ1v) is 6.63. The highest BCUT2D eigenvalue weighted by Gasteiger charge is 2.31. The Morgan fingerprint density at radius 3 is 2.36 bits per heavy atom. The molecule has 2 rings (SSSR count). The van der Waals surface area contributed by atoms with E-state index >= 15 is 0 Å². The second kappa shape index (κ2) is 5.16. The Morgan fingerprint density at radius 1 is 1.00 bits per heavy atom. The molecule has 0 bridgehead atoms. The largest absolute Gasteiger partial charge is 0.314 e. The number of hydrogen-bond acceptors (Lipinski definition) is 1. The SMILES string of the molecule is CCCNC1CCCC(C2CCC2)C1. The topological polar surface area (TPSA) is 12.0 Å². The fourth-order valence-electron chi connectivity index (χ4n) is 3.10. The van der Waals surface area contributed by atoms with Gasteiger partial charge in [-0.25, -0.2) is 0 Å². The molecule has 0 heterocycles. The van der Waals surface area contributed by atoms with Crippen molar-refractivity contribution >= 4 is 0 Å². The summed E-state index contributed by atoms with van der Waals surface area (Å²) in [5.74, 6) is 2.19. The van der Waals surface area contributed by atoms with Gasteiger partial charge >= 0.3 is 0 Å². The van der Waals surface area contributed by atoms with Gasteiger partial charge in [-0.3, -0.25) is 0 Å². The Morgan fingerprint density at radius 2 is 1.71 bits per heavy atom. The van der Waals surface area contributed by atoms with E-state index < -0.39 is 0 Å². The third kappa shape index (κ3) is 2.50. The first-order valence-electron chi connectivity index (χ1n) is 6.63. The lowest BCUT2D eigenvalue weighted by Crippen LogP contribution is -2.37. The summed E-state index contributed by atoms with van der Waals surface area (Å²) in [5, 5.41) is 3.70. The molecule has 0 aromatic rings. The van der Waals surface area contributed by atoms with E-state index in [1.165, 1.54) is 57.9 Å². The zero-order chi connectivity index (χ0) is 9.80. The van der Waals surface area contributed by atoms with Gasteiger partial charge in [0, 0.05) is 6.04 Å². The number of nitrogens with one attached hydrogen (secondary N) is 1. The summed E-state index contributed by atoms with van der Waals surface area (Å²) in [6, 6.07) is 0.856. The normalized spacial score (nSPS) is 34.1. The molecule has 1 heteroatoms. The molecule has 0 aromatic carbocycles. The zero-order valence-electron chi connectivity index (χ0n) is 9.60. The molecule has 2 aliphatic carbocycles. The summed E-state index contributed by atoms with van der Waals surface area (Å²) in [5.41, 5.74) is 0. The van der Waals surface area contributed by atoms with Crippen LogP contribution in [0.4, 0.5) is 0 Å². The lowest BCUT2D eigenvalue weighted by atomic mass is 9.69. The summed E-state index contributed by atoms with van der Waals surface area (Å²) < 4.78 is 0. The van der Waals surface area contributed by atoms with Crippen LogP contribution in [-0.2, 0) is 0 Å². The molecule has 1 N–H and O–H groups in total. The minimum atomic E-state index is 0.856. The Kier molecular flexibility index (Phi) is 3.86. The summed E-state index contributed by atoms with van der Waals surface area (Å²) >= 11 is 0. The van der Waals surface area contributed by atoms with E-state index in [0.29, 0.717) is 0 Å². The molecule has 14 heavy (non-hydrogen) atoms. The summed E-state index contributed by atoms with van der Waals surface area (Å²) in [6.07, 6.45) is 11.8. The second-order valence-electron chi connectivity index (χ2n) is 5.27. The Bertz CT molecular complexity index is 163. The second-order valence-corrected chi connectivity index (χ2v) is 5.27. The number of rotatable bonds is 4. The van der Waals surface area contributed by atoms with Gasteiger partial charge in [0.2, 0.25) is 0 Å². The third-order valence-electron chi connectivity index (χ3n) is 4.21. The molecule has 0 amide bonds. The van der Waals surface area contributed by atoms with Crippen molar-refractivity contribution in [2.45, 2.75) is 64.3 Å². The Labute approximate surface area is 88.7 Å². The van der Waals surface area contributed by atoms with Gasteiger partial charge < -0.3 is 5.32 Å². The molecular formula is C13H25N. The van der Waals surface area contributed by atoms with E-state index in [1.807, 2.05) is 0 Å². The molecule has 2 fully saturated rings. The maximum atomic E-state index is 3.70. The molecule has 0 aliphatic heterocycles. The van der Waals surface area contributed by atoms with Crippen molar-refractivity contribution in [1.29, 1.82) is 0 Å². The minimum Gasteiger partial charge on any atom is -0.314 e. The van der Waals surface area contributed by atoms with Crippen molar-refractivity contribution in [1.82, 2.24) is 5.32 Å². The Balaban J connectivity index is 1.72. The summed E-state index contributed by atoms with van der Waals surface area (Å²) in [4.78, 5) is 0. The average Bonchev–Trinajstić information content (AvgIpc) is 2.13. The summed E-state index contributed by atoms with van der Waals surface area (Å²) in [6.45, 7) is 3.49. The van der Waals surface area contributed by atoms with Crippen molar-refractivity contribution in [3.63, 3.8) is 0 Å². The fourth-order valence-corrected chi connectivity index (χ4v) is 3.10. The highest BCUT2D eigenvalue weighted by molar-refractivity contribution is 4.85. The van der Waals surface area contributed by atoms with Gasteiger partial charge in [-0.05, 0) is 37.6 Å². The highest BCUT2D eigenvalue weighted by atomic mass is 14.9. The molecule has 82 valence electrons. The van der Waals surface area contributed by atoms with Gasteiger partial charge in [0.05, 0.1) is 0 Å². The van der Waals surface area contributed by atoms with Crippen molar-refractivity contribution in [3.8, 4) is 0 Å². The monoisotopic (exact) mass is 195 g/mol.